The molecule has 0 amide bonds. The quantitative estimate of drug-likeness (QED) is 0.805. The van der Waals surface area contributed by atoms with E-state index in [0.29, 0.717) is 6.61 Å². The van der Waals surface area contributed by atoms with E-state index in [0.717, 1.165) is 50.7 Å². The second-order valence-electron chi connectivity index (χ2n) is 4.53. The summed E-state index contributed by atoms with van der Waals surface area (Å²) < 4.78 is 11.0. The van der Waals surface area contributed by atoms with E-state index in [2.05, 4.69) is 17.9 Å². The summed E-state index contributed by atoms with van der Waals surface area (Å²) in [5.74, 6) is 0.792. The second kappa shape index (κ2) is 6.61. The first kappa shape index (κ1) is 13.2. The first-order valence-corrected chi connectivity index (χ1v) is 6.61. The first-order chi connectivity index (χ1) is 8.79. The van der Waals surface area contributed by atoms with Gasteiger partial charge in [0.2, 0.25) is 0 Å². The van der Waals surface area contributed by atoms with Gasteiger partial charge in [-0.05, 0) is 24.1 Å². The third-order valence-electron chi connectivity index (χ3n) is 3.25. The molecule has 1 aliphatic heterocycles. The molecule has 1 aromatic rings. The minimum absolute atomic E-state index is 0.676. The topological polar surface area (TPSA) is 47.7 Å². The smallest absolute Gasteiger partial charge is 0.142 e. The fourth-order valence-corrected chi connectivity index (χ4v) is 2.06. The number of ether oxygens (including phenoxy) is 2. The molecule has 4 heteroatoms. The van der Waals surface area contributed by atoms with Crippen LogP contribution in [-0.2, 0) is 11.2 Å². The lowest BCUT2D eigenvalue weighted by molar-refractivity contribution is 0.0323. The Bertz CT molecular complexity index is 376. The van der Waals surface area contributed by atoms with Crippen LogP contribution in [0.15, 0.2) is 18.2 Å². The number of nitrogen functional groups attached to an aromatic ring is 1. The molecule has 0 bridgehead atoms. The molecule has 1 aromatic carbocycles. The number of hydrogen-bond donors (Lipinski definition) is 1. The van der Waals surface area contributed by atoms with Crippen LogP contribution >= 0.6 is 0 Å². The van der Waals surface area contributed by atoms with Gasteiger partial charge in [0.1, 0.15) is 12.4 Å². The predicted octanol–water partition coefficient (Wildman–Crippen LogP) is 1.54. The summed E-state index contributed by atoms with van der Waals surface area (Å²) in [5.41, 5.74) is 7.93. The van der Waals surface area contributed by atoms with E-state index < -0.39 is 0 Å². The maximum Gasteiger partial charge on any atom is 0.142 e. The Morgan fingerprint density at radius 2 is 2.11 bits per heavy atom. The van der Waals surface area contributed by atoms with Crippen molar-refractivity contribution in [3.8, 4) is 5.75 Å². The van der Waals surface area contributed by atoms with Gasteiger partial charge in [0.25, 0.3) is 0 Å². The summed E-state index contributed by atoms with van der Waals surface area (Å²) >= 11 is 0. The monoisotopic (exact) mass is 250 g/mol. The first-order valence-electron chi connectivity index (χ1n) is 6.61. The molecule has 0 aliphatic carbocycles. The van der Waals surface area contributed by atoms with Gasteiger partial charge >= 0.3 is 0 Å². The lowest BCUT2D eigenvalue weighted by atomic mass is 10.1. The summed E-state index contributed by atoms with van der Waals surface area (Å²) in [6.45, 7) is 7.36. The van der Waals surface area contributed by atoms with Crippen molar-refractivity contribution in [1.29, 1.82) is 0 Å². The van der Waals surface area contributed by atoms with Gasteiger partial charge < -0.3 is 15.2 Å². The summed E-state index contributed by atoms with van der Waals surface area (Å²) in [5, 5.41) is 0. The van der Waals surface area contributed by atoms with Crippen LogP contribution in [0.2, 0.25) is 0 Å². The van der Waals surface area contributed by atoms with E-state index in [-0.39, 0.29) is 0 Å². The number of nitrogens with zero attached hydrogens (tertiary/aromatic N) is 1. The summed E-state index contributed by atoms with van der Waals surface area (Å²) in [6.07, 6.45) is 0.998. The highest BCUT2D eigenvalue weighted by molar-refractivity contribution is 5.54. The van der Waals surface area contributed by atoms with E-state index in [4.69, 9.17) is 15.2 Å². The van der Waals surface area contributed by atoms with Crippen molar-refractivity contribution < 1.29 is 9.47 Å². The maximum atomic E-state index is 5.96. The minimum Gasteiger partial charge on any atom is -0.490 e. The Kier molecular flexibility index (Phi) is 4.84. The van der Waals surface area contributed by atoms with Gasteiger partial charge in [-0.3, -0.25) is 4.90 Å². The van der Waals surface area contributed by atoms with Crippen molar-refractivity contribution >= 4 is 5.69 Å². The van der Waals surface area contributed by atoms with E-state index in [1.807, 2.05) is 12.1 Å². The Labute approximate surface area is 109 Å². The van der Waals surface area contributed by atoms with Crippen molar-refractivity contribution in [3.05, 3.63) is 23.8 Å². The van der Waals surface area contributed by atoms with Gasteiger partial charge in [0, 0.05) is 19.6 Å². The van der Waals surface area contributed by atoms with Crippen LogP contribution < -0.4 is 10.5 Å². The average molecular weight is 250 g/mol. The molecule has 18 heavy (non-hydrogen) atoms. The average Bonchev–Trinajstić information content (AvgIpc) is 2.42. The molecule has 0 spiro atoms. The molecule has 0 aromatic heterocycles. The highest BCUT2D eigenvalue weighted by Gasteiger charge is 2.10. The van der Waals surface area contributed by atoms with Crippen LogP contribution in [0, 0.1) is 0 Å². The number of hydrogen-bond acceptors (Lipinski definition) is 4. The Morgan fingerprint density at radius 3 is 2.78 bits per heavy atom. The summed E-state index contributed by atoms with van der Waals surface area (Å²) in [4.78, 5) is 2.35. The third-order valence-corrected chi connectivity index (χ3v) is 3.25. The number of nitrogens with two attached hydrogens (primary N) is 1. The second-order valence-corrected chi connectivity index (χ2v) is 4.53. The largest absolute Gasteiger partial charge is 0.490 e. The fraction of sp³-hybridized carbons (Fsp3) is 0.571. The van der Waals surface area contributed by atoms with Crippen LogP contribution in [-0.4, -0.2) is 44.4 Å². The SMILES string of the molecule is CCc1ccc(OCCN2CCOCC2)c(N)c1. The van der Waals surface area contributed by atoms with Crippen molar-refractivity contribution in [1.82, 2.24) is 4.90 Å². The minimum atomic E-state index is 0.676. The van der Waals surface area contributed by atoms with E-state index in [1.165, 1.54) is 5.56 Å². The molecule has 0 radical (unpaired) electrons. The van der Waals surface area contributed by atoms with Gasteiger partial charge in [-0.15, -0.1) is 0 Å². The zero-order chi connectivity index (χ0) is 12.8. The van der Waals surface area contributed by atoms with Gasteiger partial charge in [-0.1, -0.05) is 13.0 Å². The van der Waals surface area contributed by atoms with E-state index in [9.17, 15) is 0 Å². The van der Waals surface area contributed by atoms with Gasteiger partial charge in [-0.2, -0.15) is 0 Å². The molecule has 1 fully saturated rings. The van der Waals surface area contributed by atoms with Crippen LogP contribution in [0.4, 0.5) is 5.69 Å². The van der Waals surface area contributed by atoms with E-state index >= 15 is 0 Å². The Balaban J connectivity index is 1.79. The van der Waals surface area contributed by atoms with Crippen LogP contribution in [0.3, 0.4) is 0 Å². The molecule has 0 atom stereocenters. The van der Waals surface area contributed by atoms with Gasteiger partial charge in [0.15, 0.2) is 0 Å². The van der Waals surface area contributed by atoms with Crippen molar-refractivity contribution in [2.75, 3.05) is 45.2 Å². The highest BCUT2D eigenvalue weighted by Crippen LogP contribution is 2.22. The molecule has 2 rings (SSSR count). The van der Waals surface area contributed by atoms with Gasteiger partial charge in [0.05, 0.1) is 18.9 Å². The molecule has 1 heterocycles. The van der Waals surface area contributed by atoms with E-state index in [1.54, 1.807) is 0 Å². The number of aryl methyl sites for hydroxylation is 1. The van der Waals surface area contributed by atoms with Crippen LogP contribution in [0.1, 0.15) is 12.5 Å². The normalized spacial score (nSPS) is 16.7. The Morgan fingerprint density at radius 1 is 1.33 bits per heavy atom. The Hall–Kier alpha value is -1.26. The molecule has 4 nitrogen and oxygen atoms in total. The van der Waals surface area contributed by atoms with Crippen molar-refractivity contribution in [2.24, 2.45) is 0 Å². The highest BCUT2D eigenvalue weighted by atomic mass is 16.5. The molecular weight excluding hydrogens is 228 g/mol. The lowest BCUT2D eigenvalue weighted by Crippen LogP contribution is -2.38. The van der Waals surface area contributed by atoms with Crippen molar-refractivity contribution in [2.45, 2.75) is 13.3 Å². The molecule has 1 aliphatic rings. The summed E-state index contributed by atoms with van der Waals surface area (Å²) in [6, 6.07) is 6.03. The standard InChI is InChI=1S/C14H22N2O2/c1-2-12-3-4-14(13(15)11-12)18-10-7-16-5-8-17-9-6-16/h3-4,11H,2,5-10,15H2,1H3. The predicted molar refractivity (Wildman–Crippen MR) is 73.0 cm³/mol. The van der Waals surface area contributed by atoms with Crippen LogP contribution in [0.25, 0.3) is 0 Å². The number of rotatable bonds is 5. The summed E-state index contributed by atoms with van der Waals surface area (Å²) in [7, 11) is 0. The molecule has 2 N–H and O–H groups in total. The molecule has 1 saturated heterocycles. The van der Waals surface area contributed by atoms with Gasteiger partial charge in [-0.25, -0.2) is 0 Å². The molecular formula is C14H22N2O2. The number of benzene rings is 1. The zero-order valence-electron chi connectivity index (χ0n) is 11.0. The maximum absolute atomic E-state index is 5.96. The fourth-order valence-electron chi connectivity index (χ4n) is 2.06. The van der Waals surface area contributed by atoms with Crippen molar-refractivity contribution in [3.63, 3.8) is 0 Å². The zero-order valence-corrected chi connectivity index (χ0v) is 11.0. The third kappa shape index (κ3) is 3.62. The molecule has 0 unspecified atom stereocenters. The molecule has 100 valence electrons. The number of morpholine rings is 1. The number of anilines is 1. The van der Waals surface area contributed by atoms with Crippen LogP contribution in [0.5, 0.6) is 5.75 Å². The molecule has 0 saturated carbocycles. The lowest BCUT2D eigenvalue weighted by Gasteiger charge is -2.26.